The van der Waals surface area contributed by atoms with Gasteiger partial charge < -0.3 is 30.3 Å². The number of aromatic nitrogens is 2. The molecule has 1 saturated heterocycles. The monoisotopic (exact) mass is 507 g/mol. The molecule has 3 aliphatic heterocycles. The first kappa shape index (κ1) is 22.0. The lowest BCUT2D eigenvalue weighted by Gasteiger charge is -2.25. The largest absolute Gasteiger partial charge is 0.450 e. The smallest absolute Gasteiger partial charge is 0.351 e. The van der Waals surface area contributed by atoms with Gasteiger partial charge in [-0.2, -0.15) is 4.98 Å². The van der Waals surface area contributed by atoms with Gasteiger partial charge in [0.2, 0.25) is 1.43 Å². The Bertz CT molecular complexity index is 1460. The fraction of sp³-hybridized carbons (Fsp3) is 0.280. The number of carbonyl (C=O) groups excluding carboxylic acids is 2. The molecule has 3 aliphatic rings. The molecule has 2 aromatic carbocycles. The summed E-state index contributed by atoms with van der Waals surface area (Å²) in [4.78, 5) is 43.3. The number of carbonyl (C=O) groups is 2. The molecule has 1 aromatic heterocycles. The van der Waals surface area contributed by atoms with Crippen molar-refractivity contribution in [3.63, 3.8) is 0 Å². The topological polar surface area (TPSA) is 155 Å². The second kappa shape index (κ2) is 9.00. The van der Waals surface area contributed by atoms with Crippen LogP contribution in [0, 0.1) is 0 Å². The molecule has 4 heterocycles. The number of imide groups is 1. The third-order valence-corrected chi connectivity index (χ3v) is 6.62. The van der Waals surface area contributed by atoms with Crippen LogP contribution in [0.3, 0.4) is 0 Å². The number of amides is 2. The van der Waals surface area contributed by atoms with E-state index < -0.39 is 24.1 Å². The highest BCUT2D eigenvalue weighted by molar-refractivity contribution is 6.21. The van der Waals surface area contributed by atoms with Gasteiger partial charge in [-0.25, -0.2) is 4.79 Å². The molecule has 0 saturated carbocycles. The summed E-state index contributed by atoms with van der Waals surface area (Å²) >= 11 is 0. The maximum Gasteiger partial charge on any atom is 0.351 e. The first-order valence-corrected chi connectivity index (χ1v) is 11.8. The summed E-state index contributed by atoms with van der Waals surface area (Å²) in [6.45, 7) is 0.324. The minimum atomic E-state index is -0.887. The van der Waals surface area contributed by atoms with Crippen LogP contribution in [0.15, 0.2) is 53.5 Å². The van der Waals surface area contributed by atoms with E-state index >= 15 is 0 Å². The Morgan fingerprint density at radius 1 is 1.11 bits per heavy atom. The van der Waals surface area contributed by atoms with Gasteiger partial charge in [-0.15, -0.1) is 0 Å². The Hall–Kier alpha value is -4.26. The SMILES string of the molecule is [3H]OCC1OC(n2cc3c(nc2=O)Nc2c(NCCN4C(=O)c5ccccc5C4=O)cccc2O3)CC1O. The molecule has 3 atom stereocenters. The van der Waals surface area contributed by atoms with E-state index in [1.54, 1.807) is 42.5 Å². The minimum absolute atomic E-state index is 0.126. The molecule has 0 bridgehead atoms. The van der Waals surface area contributed by atoms with Gasteiger partial charge in [0, 0.05) is 19.5 Å². The predicted octanol–water partition coefficient (Wildman–Crippen LogP) is 1.44. The van der Waals surface area contributed by atoms with E-state index in [4.69, 9.17) is 10.9 Å². The molecule has 0 radical (unpaired) electrons. The lowest BCUT2D eigenvalue weighted by atomic mass is 10.1. The van der Waals surface area contributed by atoms with Crippen LogP contribution in [0.4, 0.5) is 17.2 Å². The number of nitrogens with zero attached hydrogens (tertiary/aromatic N) is 3. The Morgan fingerprint density at radius 2 is 1.89 bits per heavy atom. The molecule has 12 nitrogen and oxygen atoms in total. The third-order valence-electron chi connectivity index (χ3n) is 6.62. The molecule has 3 aromatic rings. The van der Waals surface area contributed by atoms with Crippen LogP contribution in [-0.2, 0) is 4.74 Å². The van der Waals surface area contributed by atoms with Crippen molar-refractivity contribution in [1.29, 1.82) is 1.43 Å². The van der Waals surface area contributed by atoms with Gasteiger partial charge >= 0.3 is 5.69 Å². The maximum absolute atomic E-state index is 12.8. The summed E-state index contributed by atoms with van der Waals surface area (Å²) in [7, 11) is 0. The summed E-state index contributed by atoms with van der Waals surface area (Å²) < 4.78 is 19.8. The van der Waals surface area contributed by atoms with Gasteiger partial charge in [0.15, 0.2) is 17.3 Å². The fourth-order valence-electron chi connectivity index (χ4n) is 4.73. The first-order chi connectivity index (χ1) is 18.4. The first-order valence-electron chi connectivity index (χ1n) is 12.2. The van der Waals surface area contributed by atoms with Crippen LogP contribution in [0.2, 0.25) is 0 Å². The number of hydrogen-bond donors (Lipinski definition) is 4. The number of anilines is 3. The zero-order chi connectivity index (χ0) is 26.4. The van der Waals surface area contributed by atoms with Crippen molar-refractivity contribution in [2.24, 2.45) is 0 Å². The standard InChI is InChI=1S/C25H23N5O7/c31-12-19-16(32)10-20(37-19)30-11-18-22(28-25(30)35)27-21-15(6-3-7-17(21)36-18)26-8-9-29-23(33)13-4-1-2-5-14(13)24(29)34/h1-7,11,16,19-20,26,31-32H,8-10,12H2,(H,27,28,35)/i31T. The zero-order valence-electron chi connectivity index (χ0n) is 20.4. The summed E-state index contributed by atoms with van der Waals surface area (Å²) in [6, 6.07) is 12.1. The van der Waals surface area contributed by atoms with Crippen LogP contribution in [0.25, 0.3) is 0 Å². The van der Waals surface area contributed by atoms with Gasteiger partial charge in [-0.05, 0) is 24.3 Å². The number of nitrogens with one attached hydrogen (secondary N) is 2. The van der Waals surface area contributed by atoms with Crippen molar-refractivity contribution in [3.8, 4) is 11.5 Å². The van der Waals surface area contributed by atoms with Gasteiger partial charge in [0.05, 0.1) is 35.7 Å². The molecule has 2 amide bonds. The Balaban J connectivity index is 1.16. The van der Waals surface area contributed by atoms with Crippen molar-refractivity contribution >= 4 is 29.0 Å². The molecule has 1 fully saturated rings. The van der Waals surface area contributed by atoms with E-state index in [1.165, 1.54) is 15.7 Å². The van der Waals surface area contributed by atoms with E-state index in [0.717, 1.165) is 0 Å². The molecule has 4 N–H and O–H groups in total. The molecule has 6 rings (SSSR count). The van der Waals surface area contributed by atoms with Crippen LogP contribution in [-0.4, -0.2) is 69.8 Å². The number of rotatable bonds is 7. The molecule has 3 unspecified atom stereocenters. The number of aliphatic hydroxyl groups is 2. The number of hydrogen-bond acceptors (Lipinski definition) is 10. The highest BCUT2D eigenvalue weighted by atomic mass is 16.5. The zero-order valence-corrected chi connectivity index (χ0v) is 19.4. The van der Waals surface area contributed by atoms with Crippen molar-refractivity contribution < 1.29 is 29.3 Å². The number of para-hydroxylation sites is 1. The fourth-order valence-corrected chi connectivity index (χ4v) is 4.73. The number of fused-ring (bicyclic) bond motifs is 3. The predicted molar refractivity (Wildman–Crippen MR) is 130 cm³/mol. The summed E-state index contributed by atoms with van der Waals surface area (Å²) in [5.74, 6) is 0.325. The summed E-state index contributed by atoms with van der Waals surface area (Å²) in [6.07, 6.45) is -0.795. The van der Waals surface area contributed by atoms with E-state index in [1.807, 2.05) is 0 Å². The van der Waals surface area contributed by atoms with E-state index in [-0.39, 0.29) is 43.7 Å². The normalized spacial score (nSPS) is 22.0. The lowest BCUT2D eigenvalue weighted by Crippen LogP contribution is -2.34. The molecule has 0 spiro atoms. The molecule has 37 heavy (non-hydrogen) atoms. The molecule has 12 heteroatoms. The molecule has 0 aliphatic carbocycles. The highest BCUT2D eigenvalue weighted by Crippen LogP contribution is 2.44. The van der Waals surface area contributed by atoms with Crippen LogP contribution in [0.5, 0.6) is 11.5 Å². The van der Waals surface area contributed by atoms with Crippen LogP contribution < -0.4 is 21.1 Å². The van der Waals surface area contributed by atoms with Gasteiger partial charge in [-0.1, -0.05) is 18.2 Å². The number of aliphatic hydroxyl groups excluding tert-OH is 2. The van der Waals surface area contributed by atoms with Crippen molar-refractivity contribution in [1.82, 2.24) is 14.5 Å². The van der Waals surface area contributed by atoms with Gasteiger partial charge in [0.1, 0.15) is 18.0 Å². The van der Waals surface area contributed by atoms with Crippen molar-refractivity contribution in [2.75, 3.05) is 30.3 Å². The third kappa shape index (κ3) is 3.91. The molecule has 190 valence electrons. The maximum atomic E-state index is 12.8. The Morgan fingerprint density at radius 3 is 2.65 bits per heavy atom. The van der Waals surface area contributed by atoms with Crippen LogP contribution in [0.1, 0.15) is 33.4 Å². The average molecular weight is 507 g/mol. The van der Waals surface area contributed by atoms with E-state index in [9.17, 15) is 19.5 Å². The highest BCUT2D eigenvalue weighted by Gasteiger charge is 2.36. The second-order valence-electron chi connectivity index (χ2n) is 8.88. The summed E-state index contributed by atoms with van der Waals surface area (Å²) in [5, 5.41) is 20.8. The van der Waals surface area contributed by atoms with E-state index in [0.29, 0.717) is 34.0 Å². The minimum Gasteiger partial charge on any atom is -0.450 e. The number of benzene rings is 2. The second-order valence-corrected chi connectivity index (χ2v) is 8.88. The quantitative estimate of drug-likeness (QED) is 0.270. The number of ether oxygens (including phenoxy) is 2. The van der Waals surface area contributed by atoms with E-state index in [2.05, 4.69) is 20.7 Å². The Kier molecular flexibility index (Phi) is 5.34. The summed E-state index contributed by atoms with van der Waals surface area (Å²) in [5.41, 5.74) is 1.37. The molecular weight excluding hydrogens is 482 g/mol. The van der Waals surface area contributed by atoms with Crippen molar-refractivity contribution in [3.05, 3.63) is 70.3 Å². The van der Waals surface area contributed by atoms with Crippen molar-refractivity contribution in [2.45, 2.75) is 24.9 Å². The van der Waals surface area contributed by atoms with Gasteiger partial charge in [-0.3, -0.25) is 19.1 Å². The molecular formula is C25H23N5O7. The van der Waals surface area contributed by atoms with Crippen LogP contribution >= 0.6 is 0 Å². The lowest BCUT2D eigenvalue weighted by molar-refractivity contribution is -0.0459. The Labute approximate surface area is 211 Å². The average Bonchev–Trinajstić information content (AvgIpc) is 3.39. The van der Waals surface area contributed by atoms with Gasteiger partial charge in [0.25, 0.3) is 11.8 Å².